The van der Waals surface area contributed by atoms with Crippen LogP contribution in [0.5, 0.6) is 5.75 Å². The first-order valence-corrected chi connectivity index (χ1v) is 11.7. The average molecular weight is 468 g/mol. The van der Waals surface area contributed by atoms with Crippen LogP contribution in [0.4, 0.5) is 5.00 Å². The van der Waals surface area contributed by atoms with Crippen molar-refractivity contribution in [3.05, 3.63) is 69.5 Å². The Kier molecular flexibility index (Phi) is 6.93. The summed E-state index contributed by atoms with van der Waals surface area (Å²) in [6.07, 6.45) is 3.80. The molecule has 0 saturated carbocycles. The van der Waals surface area contributed by atoms with Gasteiger partial charge in [0.2, 0.25) is 0 Å². The Morgan fingerprint density at radius 2 is 1.82 bits per heavy atom. The van der Waals surface area contributed by atoms with Crippen molar-refractivity contribution in [3.63, 3.8) is 0 Å². The van der Waals surface area contributed by atoms with Gasteiger partial charge in [0.15, 0.2) is 11.5 Å². The third-order valence-corrected chi connectivity index (χ3v) is 6.61. The molecule has 0 unspecified atom stereocenters. The molecule has 0 radical (unpaired) electrons. The molecule has 7 nitrogen and oxygen atoms in total. The molecule has 0 bridgehead atoms. The van der Waals surface area contributed by atoms with E-state index in [0.717, 1.165) is 36.1 Å². The van der Waals surface area contributed by atoms with Crippen molar-refractivity contribution in [1.29, 1.82) is 0 Å². The number of benzene rings is 1. The van der Waals surface area contributed by atoms with Gasteiger partial charge < -0.3 is 19.2 Å². The van der Waals surface area contributed by atoms with E-state index in [1.54, 1.807) is 43.3 Å². The fourth-order valence-corrected chi connectivity index (χ4v) is 5.03. The topological polar surface area (TPSA) is 94.8 Å². The van der Waals surface area contributed by atoms with Crippen LogP contribution in [-0.4, -0.2) is 24.3 Å². The van der Waals surface area contributed by atoms with E-state index in [1.807, 2.05) is 0 Å². The quantitative estimate of drug-likeness (QED) is 0.351. The monoisotopic (exact) mass is 467 g/mol. The Hall–Kier alpha value is -3.39. The van der Waals surface area contributed by atoms with Crippen molar-refractivity contribution in [2.24, 2.45) is 0 Å². The van der Waals surface area contributed by atoms with Crippen LogP contribution in [0.15, 0.2) is 40.8 Å². The third kappa shape index (κ3) is 5.17. The molecule has 0 spiro atoms. The maximum Gasteiger partial charge on any atom is 0.341 e. The van der Waals surface area contributed by atoms with Gasteiger partial charge in [0, 0.05) is 10.4 Å². The van der Waals surface area contributed by atoms with Crippen LogP contribution < -0.4 is 10.1 Å². The molecule has 1 amide bonds. The number of esters is 1. The van der Waals surface area contributed by atoms with Crippen LogP contribution in [0.2, 0.25) is 0 Å². The smallest absolute Gasteiger partial charge is 0.341 e. The largest absolute Gasteiger partial charge is 0.486 e. The molecule has 33 heavy (non-hydrogen) atoms. The summed E-state index contributed by atoms with van der Waals surface area (Å²) in [5.74, 6) is 0.341. The van der Waals surface area contributed by atoms with Crippen molar-refractivity contribution >= 4 is 34.0 Å². The second kappa shape index (κ2) is 10.0. The molecule has 4 rings (SSSR count). The first-order valence-electron chi connectivity index (χ1n) is 10.9. The van der Waals surface area contributed by atoms with E-state index in [9.17, 15) is 14.4 Å². The molecule has 0 saturated heterocycles. The molecule has 2 heterocycles. The lowest BCUT2D eigenvalue weighted by Gasteiger charge is -2.12. The number of hydrogen-bond donors (Lipinski definition) is 1. The van der Waals surface area contributed by atoms with Crippen LogP contribution in [-0.2, 0) is 24.2 Å². The molecular formula is C25H25NO6S. The highest BCUT2D eigenvalue weighted by molar-refractivity contribution is 7.17. The van der Waals surface area contributed by atoms with Crippen molar-refractivity contribution in [2.75, 3.05) is 11.9 Å². The zero-order valence-electron chi connectivity index (χ0n) is 18.6. The van der Waals surface area contributed by atoms with Crippen LogP contribution >= 0.6 is 11.3 Å². The fraction of sp³-hybridized carbons (Fsp3) is 0.320. The zero-order valence-corrected chi connectivity index (χ0v) is 19.4. The Bertz CT molecular complexity index is 1170. The van der Waals surface area contributed by atoms with E-state index in [-0.39, 0.29) is 24.8 Å². The molecule has 8 heteroatoms. The van der Waals surface area contributed by atoms with Crippen LogP contribution in [0.1, 0.15) is 74.2 Å². The highest BCUT2D eigenvalue weighted by atomic mass is 32.1. The number of fused-ring (bicyclic) bond motifs is 1. The number of nitrogens with one attached hydrogen (secondary N) is 1. The molecule has 0 fully saturated rings. The van der Waals surface area contributed by atoms with Gasteiger partial charge >= 0.3 is 5.97 Å². The summed E-state index contributed by atoms with van der Waals surface area (Å²) in [7, 11) is 0. The summed E-state index contributed by atoms with van der Waals surface area (Å²) in [6.45, 7) is 3.68. The van der Waals surface area contributed by atoms with Crippen molar-refractivity contribution < 1.29 is 28.3 Å². The minimum absolute atomic E-state index is 0.0130. The highest BCUT2D eigenvalue weighted by Gasteiger charge is 2.28. The Labute approximate surface area is 195 Å². The van der Waals surface area contributed by atoms with Gasteiger partial charge in [-0.05, 0) is 81.5 Å². The summed E-state index contributed by atoms with van der Waals surface area (Å²) in [5, 5.41) is 3.34. The number of furan rings is 1. The van der Waals surface area contributed by atoms with Gasteiger partial charge in [-0.2, -0.15) is 0 Å². The number of ketones is 1. The number of thiophene rings is 1. The predicted octanol–water partition coefficient (Wildman–Crippen LogP) is 5.43. The molecule has 2 aromatic heterocycles. The van der Waals surface area contributed by atoms with Crippen molar-refractivity contribution in [3.8, 4) is 5.75 Å². The minimum atomic E-state index is -0.434. The second-order valence-corrected chi connectivity index (χ2v) is 8.83. The van der Waals surface area contributed by atoms with Crippen LogP contribution in [0.25, 0.3) is 0 Å². The number of ether oxygens (including phenoxy) is 2. The lowest BCUT2D eigenvalue weighted by molar-refractivity contribution is 0.0526. The van der Waals surface area contributed by atoms with Gasteiger partial charge in [0.25, 0.3) is 5.91 Å². The maximum absolute atomic E-state index is 12.8. The van der Waals surface area contributed by atoms with E-state index in [0.29, 0.717) is 27.6 Å². The first kappa shape index (κ1) is 22.8. The van der Waals surface area contributed by atoms with E-state index in [1.165, 1.54) is 18.3 Å². The van der Waals surface area contributed by atoms with E-state index < -0.39 is 11.9 Å². The third-order valence-electron chi connectivity index (χ3n) is 5.41. The van der Waals surface area contributed by atoms with E-state index in [2.05, 4.69) is 5.32 Å². The number of aryl methyl sites for hydroxylation is 1. The first-order chi connectivity index (χ1) is 16.0. The second-order valence-electron chi connectivity index (χ2n) is 7.72. The predicted molar refractivity (Wildman–Crippen MR) is 124 cm³/mol. The SMILES string of the molecule is CCOC(=O)c1c(NC(=O)c2ccc(COc3ccc(C(C)=O)cc3)o2)sc2c1CCCC2. The Morgan fingerprint density at radius 3 is 2.55 bits per heavy atom. The normalized spacial score (nSPS) is 12.7. The Balaban J connectivity index is 1.44. The Morgan fingerprint density at radius 1 is 1.06 bits per heavy atom. The summed E-state index contributed by atoms with van der Waals surface area (Å²) < 4.78 is 16.6. The van der Waals surface area contributed by atoms with Crippen molar-refractivity contribution in [2.45, 2.75) is 46.1 Å². The summed E-state index contributed by atoms with van der Waals surface area (Å²) in [5.41, 5.74) is 2.06. The average Bonchev–Trinajstić information content (AvgIpc) is 3.42. The highest BCUT2D eigenvalue weighted by Crippen LogP contribution is 2.38. The standard InChI is InChI=1S/C25H25NO6S/c1-3-30-25(29)22-19-6-4-5-7-21(19)33-24(22)26-23(28)20-13-12-18(32-20)14-31-17-10-8-16(9-11-17)15(2)27/h8-13H,3-7,14H2,1-2H3,(H,26,28). The van der Waals surface area contributed by atoms with E-state index >= 15 is 0 Å². The molecule has 1 aromatic carbocycles. The number of carbonyl (C=O) groups is 3. The van der Waals surface area contributed by atoms with Crippen LogP contribution in [0.3, 0.4) is 0 Å². The lowest BCUT2D eigenvalue weighted by atomic mass is 9.95. The lowest BCUT2D eigenvalue weighted by Crippen LogP contribution is -2.15. The molecular weight excluding hydrogens is 442 g/mol. The zero-order chi connectivity index (χ0) is 23.4. The van der Waals surface area contributed by atoms with Gasteiger partial charge in [-0.1, -0.05) is 0 Å². The molecule has 1 N–H and O–H groups in total. The fourth-order valence-electron chi connectivity index (χ4n) is 3.76. The van der Waals surface area contributed by atoms with Gasteiger partial charge in [0.1, 0.15) is 23.1 Å². The number of hydrogen-bond acceptors (Lipinski definition) is 7. The number of anilines is 1. The molecule has 0 atom stereocenters. The van der Waals surface area contributed by atoms with Gasteiger partial charge in [-0.25, -0.2) is 4.79 Å². The number of amides is 1. The number of rotatable bonds is 8. The molecule has 0 aliphatic heterocycles. The van der Waals surface area contributed by atoms with Crippen molar-refractivity contribution in [1.82, 2.24) is 0 Å². The molecule has 1 aliphatic carbocycles. The van der Waals surface area contributed by atoms with Gasteiger partial charge in [0.05, 0.1) is 12.2 Å². The molecule has 172 valence electrons. The van der Waals surface area contributed by atoms with Crippen LogP contribution in [0, 0.1) is 0 Å². The van der Waals surface area contributed by atoms with Gasteiger partial charge in [-0.3, -0.25) is 9.59 Å². The number of Topliss-reactive ketones (excluding diaryl/α,β-unsaturated/α-hetero) is 1. The maximum atomic E-state index is 12.8. The summed E-state index contributed by atoms with van der Waals surface area (Å²) in [6, 6.07) is 10.1. The molecule has 3 aromatic rings. The minimum Gasteiger partial charge on any atom is -0.486 e. The number of carbonyl (C=O) groups excluding carboxylic acids is 3. The summed E-state index contributed by atoms with van der Waals surface area (Å²) in [4.78, 5) is 37.9. The molecule has 1 aliphatic rings. The van der Waals surface area contributed by atoms with Gasteiger partial charge in [-0.15, -0.1) is 11.3 Å². The van der Waals surface area contributed by atoms with E-state index in [4.69, 9.17) is 13.9 Å². The summed E-state index contributed by atoms with van der Waals surface area (Å²) >= 11 is 1.43.